The van der Waals surface area contributed by atoms with Gasteiger partial charge < -0.3 is 20.1 Å². The monoisotopic (exact) mass is 338 g/mol. The molecule has 23 heavy (non-hydrogen) atoms. The first-order chi connectivity index (χ1) is 10.6. The first-order valence-electron chi connectivity index (χ1n) is 7.46. The van der Waals surface area contributed by atoms with Gasteiger partial charge in [-0.25, -0.2) is 4.79 Å². The number of rotatable bonds is 5. The molecule has 2 N–H and O–H groups in total. The van der Waals surface area contributed by atoms with E-state index in [1.165, 1.54) is 7.11 Å². The van der Waals surface area contributed by atoms with E-state index < -0.39 is 48.7 Å². The summed E-state index contributed by atoms with van der Waals surface area (Å²) in [5, 5.41) is 11.5. The summed E-state index contributed by atoms with van der Waals surface area (Å²) in [4.78, 5) is 24.0. The fraction of sp³-hybridized carbons (Fsp3) is 0.857. The number of carbonyl (C=O) groups is 2. The van der Waals surface area contributed by atoms with Crippen molar-refractivity contribution in [2.24, 2.45) is 17.8 Å². The van der Waals surface area contributed by atoms with E-state index in [2.05, 4.69) is 5.32 Å². The lowest BCUT2D eigenvalue weighted by Gasteiger charge is -2.29. The Morgan fingerprint density at radius 2 is 1.91 bits per heavy atom. The maximum Gasteiger partial charge on any atom is 0.394 e. The number of alkyl halides is 3. The number of carboxylic acids is 1. The standard InChI is InChI=1S/C14H21F3N2O4/c1-13(23-2,8-3-4-8)7-18-12(22)19-5-9(11(20)21)10(6-19)14(15,16)17/h8-10H,3-7H2,1-2H3,(H,18,22)(H,20,21)/t9-,10-,13?/m1/s1. The zero-order chi connectivity index (χ0) is 17.4. The minimum atomic E-state index is -4.65. The third kappa shape index (κ3) is 3.88. The number of carbonyl (C=O) groups excluding carboxylic acids is 1. The van der Waals surface area contributed by atoms with Crippen molar-refractivity contribution < 1.29 is 32.6 Å². The van der Waals surface area contributed by atoms with Crippen LogP contribution in [0.2, 0.25) is 0 Å². The zero-order valence-corrected chi connectivity index (χ0v) is 13.0. The Balaban J connectivity index is 1.96. The second kappa shape index (κ2) is 6.18. The number of urea groups is 1. The maximum absolute atomic E-state index is 12.9. The van der Waals surface area contributed by atoms with E-state index in [0.29, 0.717) is 5.92 Å². The number of methoxy groups -OCH3 is 1. The lowest BCUT2D eigenvalue weighted by Crippen LogP contribution is -2.48. The summed E-state index contributed by atoms with van der Waals surface area (Å²) in [7, 11) is 1.53. The van der Waals surface area contributed by atoms with Gasteiger partial charge in [0, 0.05) is 26.7 Å². The molecule has 1 saturated heterocycles. The maximum atomic E-state index is 12.9. The van der Waals surface area contributed by atoms with E-state index in [0.717, 1.165) is 17.7 Å². The number of carboxylic acid groups (broad SMARTS) is 1. The highest BCUT2D eigenvalue weighted by Gasteiger charge is 2.53. The van der Waals surface area contributed by atoms with Crippen LogP contribution in [0.3, 0.4) is 0 Å². The molecule has 0 bridgehead atoms. The molecule has 2 rings (SSSR count). The number of halogens is 3. The van der Waals surface area contributed by atoms with E-state index in [-0.39, 0.29) is 6.54 Å². The van der Waals surface area contributed by atoms with Gasteiger partial charge in [-0.3, -0.25) is 4.79 Å². The molecule has 132 valence electrons. The van der Waals surface area contributed by atoms with Gasteiger partial charge in [-0.1, -0.05) is 0 Å². The van der Waals surface area contributed by atoms with Crippen LogP contribution in [0.4, 0.5) is 18.0 Å². The van der Waals surface area contributed by atoms with Crippen molar-refractivity contribution >= 4 is 12.0 Å². The van der Waals surface area contributed by atoms with Gasteiger partial charge >= 0.3 is 18.2 Å². The van der Waals surface area contributed by atoms with Crippen molar-refractivity contribution in [2.75, 3.05) is 26.7 Å². The van der Waals surface area contributed by atoms with Gasteiger partial charge in [-0.05, 0) is 25.7 Å². The SMILES string of the molecule is COC(C)(CNC(=O)N1C[C@@H](C(F)(F)F)[C@H](C(=O)O)C1)C1CC1. The number of amides is 2. The molecular formula is C14H21F3N2O4. The molecule has 0 aromatic rings. The van der Waals surface area contributed by atoms with Gasteiger partial charge in [-0.2, -0.15) is 13.2 Å². The molecule has 0 aromatic heterocycles. The Bertz CT molecular complexity index is 481. The molecular weight excluding hydrogens is 317 g/mol. The average Bonchev–Trinajstić information content (AvgIpc) is 3.21. The van der Waals surface area contributed by atoms with Gasteiger partial charge in [0.05, 0.1) is 17.4 Å². The van der Waals surface area contributed by atoms with Gasteiger partial charge in [0.2, 0.25) is 0 Å². The van der Waals surface area contributed by atoms with Gasteiger partial charge in [0.25, 0.3) is 0 Å². The molecule has 1 heterocycles. The van der Waals surface area contributed by atoms with Crippen molar-refractivity contribution in [1.29, 1.82) is 0 Å². The molecule has 0 aromatic carbocycles. The minimum Gasteiger partial charge on any atom is -0.481 e. The number of nitrogens with zero attached hydrogens (tertiary/aromatic N) is 1. The molecule has 0 spiro atoms. The van der Waals surface area contributed by atoms with Crippen LogP contribution in [0.25, 0.3) is 0 Å². The molecule has 2 fully saturated rings. The summed E-state index contributed by atoms with van der Waals surface area (Å²) in [6.45, 7) is 0.934. The van der Waals surface area contributed by atoms with Crippen LogP contribution in [-0.4, -0.2) is 60.5 Å². The summed E-state index contributed by atoms with van der Waals surface area (Å²) in [5.41, 5.74) is -0.551. The summed E-state index contributed by atoms with van der Waals surface area (Å²) in [6.07, 6.45) is -2.67. The fourth-order valence-electron chi connectivity index (χ4n) is 2.99. The Morgan fingerprint density at radius 1 is 1.30 bits per heavy atom. The molecule has 1 saturated carbocycles. The molecule has 2 aliphatic rings. The first-order valence-corrected chi connectivity index (χ1v) is 7.46. The first kappa shape index (κ1) is 17.8. The summed E-state index contributed by atoms with van der Waals surface area (Å²) >= 11 is 0. The van der Waals surface area contributed by atoms with E-state index in [1.54, 1.807) is 0 Å². The molecule has 9 heteroatoms. The second-order valence-corrected chi connectivity index (χ2v) is 6.45. The Kier molecular flexibility index (Phi) is 4.79. The number of aliphatic carboxylic acids is 1. The van der Waals surface area contributed by atoms with Crippen LogP contribution in [0, 0.1) is 17.8 Å². The summed E-state index contributed by atoms with van der Waals surface area (Å²) in [6, 6.07) is -0.688. The quantitative estimate of drug-likeness (QED) is 0.800. The number of hydrogen-bond donors (Lipinski definition) is 2. The van der Waals surface area contributed by atoms with Gasteiger partial charge in [0.1, 0.15) is 0 Å². The highest BCUT2D eigenvalue weighted by Crippen LogP contribution is 2.41. The van der Waals surface area contributed by atoms with E-state index in [4.69, 9.17) is 9.84 Å². The van der Waals surface area contributed by atoms with Crippen molar-refractivity contribution in [3.63, 3.8) is 0 Å². The Hall–Kier alpha value is -1.51. The van der Waals surface area contributed by atoms with Crippen molar-refractivity contribution in [2.45, 2.75) is 31.5 Å². The van der Waals surface area contributed by atoms with Crippen LogP contribution in [0.15, 0.2) is 0 Å². The molecule has 6 nitrogen and oxygen atoms in total. The van der Waals surface area contributed by atoms with Crippen LogP contribution in [-0.2, 0) is 9.53 Å². The highest BCUT2D eigenvalue weighted by molar-refractivity contribution is 5.77. The summed E-state index contributed by atoms with van der Waals surface area (Å²) in [5.74, 6) is -4.88. The number of likely N-dealkylation sites (tertiary alicyclic amines) is 1. The molecule has 3 atom stereocenters. The predicted molar refractivity (Wildman–Crippen MR) is 73.8 cm³/mol. The zero-order valence-electron chi connectivity index (χ0n) is 13.0. The number of hydrogen-bond acceptors (Lipinski definition) is 3. The summed E-state index contributed by atoms with van der Waals surface area (Å²) < 4.78 is 44.1. The highest BCUT2D eigenvalue weighted by atomic mass is 19.4. The van der Waals surface area contributed by atoms with Gasteiger partial charge in [-0.15, -0.1) is 0 Å². The largest absolute Gasteiger partial charge is 0.481 e. The smallest absolute Gasteiger partial charge is 0.394 e. The number of nitrogens with one attached hydrogen (secondary N) is 1. The van der Waals surface area contributed by atoms with Crippen LogP contribution in [0.5, 0.6) is 0 Å². The van der Waals surface area contributed by atoms with Gasteiger partial charge in [0.15, 0.2) is 0 Å². The average molecular weight is 338 g/mol. The van der Waals surface area contributed by atoms with E-state index >= 15 is 0 Å². The van der Waals surface area contributed by atoms with E-state index in [9.17, 15) is 22.8 Å². The van der Waals surface area contributed by atoms with E-state index in [1.807, 2.05) is 6.92 Å². The van der Waals surface area contributed by atoms with Crippen LogP contribution in [0.1, 0.15) is 19.8 Å². The predicted octanol–water partition coefficient (Wildman–Crippen LogP) is 1.71. The number of ether oxygens (including phenoxy) is 1. The molecule has 2 amide bonds. The lowest BCUT2D eigenvalue weighted by atomic mass is 9.96. The molecule has 1 aliphatic heterocycles. The van der Waals surface area contributed by atoms with Crippen molar-refractivity contribution in [3.8, 4) is 0 Å². The third-order valence-corrected chi connectivity index (χ3v) is 4.84. The van der Waals surface area contributed by atoms with Crippen LogP contribution < -0.4 is 5.32 Å². The van der Waals surface area contributed by atoms with Crippen LogP contribution >= 0.6 is 0 Å². The molecule has 0 radical (unpaired) electrons. The Labute approximate surface area is 132 Å². The van der Waals surface area contributed by atoms with Crippen molar-refractivity contribution in [1.82, 2.24) is 10.2 Å². The molecule has 1 unspecified atom stereocenters. The fourth-order valence-corrected chi connectivity index (χ4v) is 2.99. The van der Waals surface area contributed by atoms with Crippen molar-refractivity contribution in [3.05, 3.63) is 0 Å². The Morgan fingerprint density at radius 3 is 2.30 bits per heavy atom. The third-order valence-electron chi connectivity index (χ3n) is 4.84. The topological polar surface area (TPSA) is 78.9 Å². The molecule has 1 aliphatic carbocycles. The normalized spacial score (nSPS) is 27.6. The second-order valence-electron chi connectivity index (χ2n) is 6.45. The minimum absolute atomic E-state index is 0.178. The lowest BCUT2D eigenvalue weighted by molar-refractivity contribution is -0.187.